The summed E-state index contributed by atoms with van der Waals surface area (Å²) < 4.78 is 11.0. The summed E-state index contributed by atoms with van der Waals surface area (Å²) >= 11 is 0. The molecule has 0 radical (unpaired) electrons. The van der Waals surface area contributed by atoms with Crippen LogP contribution in [0.25, 0.3) is 0 Å². The number of methoxy groups -OCH3 is 2. The summed E-state index contributed by atoms with van der Waals surface area (Å²) in [7, 11) is 3.58. The molecule has 0 aromatic carbocycles. The summed E-state index contributed by atoms with van der Waals surface area (Å²) in [6.45, 7) is 8.00. The van der Waals surface area contributed by atoms with Crippen LogP contribution in [-0.2, 0) is 9.47 Å². The van der Waals surface area contributed by atoms with E-state index in [2.05, 4.69) is 12.2 Å². The maximum atomic E-state index is 5.52. The number of allylic oxidation sites excluding steroid dienone is 2. The highest BCUT2D eigenvalue weighted by Gasteiger charge is 2.62. The van der Waals surface area contributed by atoms with Gasteiger partial charge in [-0.3, -0.25) is 0 Å². The summed E-state index contributed by atoms with van der Waals surface area (Å²) in [4.78, 5) is 0. The van der Waals surface area contributed by atoms with Gasteiger partial charge in [-0.05, 0) is 54.8 Å². The zero-order valence-corrected chi connectivity index (χ0v) is 14.7. The van der Waals surface area contributed by atoms with Gasteiger partial charge in [0.25, 0.3) is 0 Å². The van der Waals surface area contributed by atoms with Crippen molar-refractivity contribution < 1.29 is 9.47 Å². The predicted molar refractivity (Wildman–Crippen MR) is 87.9 cm³/mol. The van der Waals surface area contributed by atoms with Gasteiger partial charge in [-0.25, -0.2) is 0 Å². The van der Waals surface area contributed by atoms with Gasteiger partial charge in [0.1, 0.15) is 0 Å². The lowest BCUT2D eigenvalue weighted by Crippen LogP contribution is -2.37. The number of hydrogen-bond acceptors (Lipinski definition) is 2. The molecular weight excluding hydrogens is 260 g/mol. The van der Waals surface area contributed by atoms with Crippen molar-refractivity contribution in [3.05, 3.63) is 12.2 Å². The molecule has 3 saturated carbocycles. The Morgan fingerprint density at radius 3 is 1.95 bits per heavy atom. The van der Waals surface area contributed by atoms with Gasteiger partial charge < -0.3 is 9.47 Å². The lowest BCUT2D eigenvalue weighted by molar-refractivity contribution is -0.156. The molecule has 21 heavy (non-hydrogen) atoms. The molecule has 4 aliphatic carbocycles. The van der Waals surface area contributed by atoms with Crippen LogP contribution < -0.4 is 0 Å². The Balaban J connectivity index is 0.000000374. The van der Waals surface area contributed by atoms with Gasteiger partial charge in [0, 0.05) is 20.1 Å². The number of ether oxygens (including phenoxy) is 2. The van der Waals surface area contributed by atoms with Crippen LogP contribution >= 0.6 is 0 Å². The van der Waals surface area contributed by atoms with Crippen molar-refractivity contribution in [3.8, 4) is 0 Å². The first kappa shape index (κ1) is 17.0. The zero-order chi connectivity index (χ0) is 15.6. The van der Waals surface area contributed by atoms with E-state index in [0.29, 0.717) is 5.92 Å². The summed E-state index contributed by atoms with van der Waals surface area (Å²) in [5.74, 6) is 6.27. The van der Waals surface area contributed by atoms with E-state index >= 15 is 0 Å². The summed E-state index contributed by atoms with van der Waals surface area (Å²) in [5.41, 5.74) is 0. The Kier molecular flexibility index (Phi) is 5.90. The predicted octanol–water partition coefficient (Wildman–Crippen LogP) is 4.75. The summed E-state index contributed by atoms with van der Waals surface area (Å²) in [6, 6.07) is 0. The van der Waals surface area contributed by atoms with E-state index in [-0.39, 0.29) is 6.29 Å². The Morgan fingerprint density at radius 2 is 1.38 bits per heavy atom. The van der Waals surface area contributed by atoms with Crippen LogP contribution in [0.1, 0.15) is 47.0 Å². The van der Waals surface area contributed by atoms with E-state index in [1.807, 2.05) is 27.7 Å². The molecule has 7 unspecified atom stereocenters. The van der Waals surface area contributed by atoms with E-state index in [9.17, 15) is 0 Å². The van der Waals surface area contributed by atoms with Crippen LogP contribution in [0.2, 0.25) is 0 Å². The molecule has 122 valence electrons. The molecule has 0 spiro atoms. The molecule has 2 heteroatoms. The summed E-state index contributed by atoms with van der Waals surface area (Å²) in [6.07, 6.45) is 9.27. The van der Waals surface area contributed by atoms with E-state index < -0.39 is 0 Å². The van der Waals surface area contributed by atoms with Crippen molar-refractivity contribution in [1.29, 1.82) is 0 Å². The van der Waals surface area contributed by atoms with Crippen molar-refractivity contribution in [2.24, 2.45) is 41.4 Å². The maximum absolute atomic E-state index is 5.52. The van der Waals surface area contributed by atoms with Crippen LogP contribution in [0.3, 0.4) is 0 Å². The maximum Gasteiger partial charge on any atom is 0.159 e. The standard InChI is InChI=1S/C15H22O2.2C2H6/c1-16-15(17-2)12-7-10-6-11(12)14-9-4-3-8(5-9)13(10)14;2*1-2/h3-4,8-15H,5-7H2,1-2H3;2*1-2H3. The van der Waals surface area contributed by atoms with Crippen LogP contribution in [0, 0.1) is 41.4 Å². The fourth-order valence-electron chi connectivity index (χ4n) is 5.83. The van der Waals surface area contributed by atoms with E-state index in [0.717, 1.165) is 35.5 Å². The Hall–Kier alpha value is -0.340. The molecule has 4 aliphatic rings. The van der Waals surface area contributed by atoms with Gasteiger partial charge >= 0.3 is 0 Å². The number of hydrogen-bond donors (Lipinski definition) is 0. The quantitative estimate of drug-likeness (QED) is 0.425. The molecule has 7 atom stereocenters. The molecule has 4 bridgehead atoms. The Bertz CT molecular complexity index is 347. The summed E-state index contributed by atoms with van der Waals surface area (Å²) in [5, 5.41) is 0. The largest absolute Gasteiger partial charge is 0.356 e. The van der Waals surface area contributed by atoms with Gasteiger partial charge in [-0.2, -0.15) is 0 Å². The monoisotopic (exact) mass is 294 g/mol. The molecule has 2 nitrogen and oxygen atoms in total. The molecule has 3 fully saturated rings. The Morgan fingerprint density at radius 1 is 0.810 bits per heavy atom. The molecule has 0 aromatic rings. The first-order chi connectivity index (χ1) is 10.3. The molecule has 4 rings (SSSR count). The molecule has 0 aromatic heterocycles. The van der Waals surface area contributed by atoms with Crippen LogP contribution in [-0.4, -0.2) is 20.5 Å². The van der Waals surface area contributed by atoms with Crippen molar-refractivity contribution >= 4 is 0 Å². The third-order valence-electron chi connectivity index (χ3n) is 6.14. The fraction of sp³-hybridized carbons (Fsp3) is 0.895. The highest BCUT2D eigenvalue weighted by atomic mass is 16.7. The minimum atomic E-state index is 0.0362. The SMILES string of the molecule is CC.CC.COC(OC)C1CC2CC1C1C3C=CC(C3)C21. The van der Waals surface area contributed by atoms with Crippen LogP contribution in [0.15, 0.2) is 12.2 Å². The van der Waals surface area contributed by atoms with Gasteiger partial charge in [-0.15, -0.1) is 0 Å². The normalized spacial score (nSPS) is 44.2. The minimum absolute atomic E-state index is 0.0362. The number of fused-ring (bicyclic) bond motifs is 9. The topological polar surface area (TPSA) is 18.5 Å². The third kappa shape index (κ3) is 2.59. The molecule has 0 N–H and O–H groups in total. The first-order valence-electron chi connectivity index (χ1n) is 9.07. The molecular formula is C19H34O2. The highest BCUT2D eigenvalue weighted by molar-refractivity contribution is 5.20. The number of rotatable bonds is 3. The second kappa shape index (κ2) is 7.28. The fourth-order valence-corrected chi connectivity index (χ4v) is 5.83. The molecule has 0 amide bonds. The first-order valence-corrected chi connectivity index (χ1v) is 9.07. The van der Waals surface area contributed by atoms with Crippen molar-refractivity contribution in [2.45, 2.75) is 53.2 Å². The molecule has 0 heterocycles. The highest BCUT2D eigenvalue weighted by Crippen LogP contribution is 2.67. The van der Waals surface area contributed by atoms with Gasteiger partial charge in [0.05, 0.1) is 0 Å². The average molecular weight is 294 g/mol. The molecule has 0 saturated heterocycles. The second-order valence-electron chi connectivity index (χ2n) is 6.50. The van der Waals surface area contributed by atoms with E-state index in [4.69, 9.17) is 9.47 Å². The average Bonchev–Trinajstić information content (AvgIpc) is 3.31. The van der Waals surface area contributed by atoms with Crippen molar-refractivity contribution in [3.63, 3.8) is 0 Å². The smallest absolute Gasteiger partial charge is 0.159 e. The van der Waals surface area contributed by atoms with Gasteiger partial charge in [-0.1, -0.05) is 39.8 Å². The van der Waals surface area contributed by atoms with Crippen molar-refractivity contribution in [2.75, 3.05) is 14.2 Å². The van der Waals surface area contributed by atoms with Gasteiger partial charge in [0.15, 0.2) is 6.29 Å². The second-order valence-corrected chi connectivity index (χ2v) is 6.50. The third-order valence-corrected chi connectivity index (χ3v) is 6.14. The Labute approximate surface area is 131 Å². The van der Waals surface area contributed by atoms with E-state index in [1.54, 1.807) is 14.2 Å². The van der Waals surface area contributed by atoms with Crippen molar-refractivity contribution in [1.82, 2.24) is 0 Å². The van der Waals surface area contributed by atoms with E-state index in [1.165, 1.54) is 19.3 Å². The lowest BCUT2D eigenvalue weighted by atomic mass is 9.69. The lowest BCUT2D eigenvalue weighted by Gasteiger charge is -2.38. The zero-order valence-electron chi connectivity index (χ0n) is 14.7. The van der Waals surface area contributed by atoms with Gasteiger partial charge in [0.2, 0.25) is 0 Å². The minimum Gasteiger partial charge on any atom is -0.356 e. The van der Waals surface area contributed by atoms with Crippen LogP contribution in [0.4, 0.5) is 0 Å². The molecule has 0 aliphatic heterocycles. The van der Waals surface area contributed by atoms with Crippen LogP contribution in [0.5, 0.6) is 0 Å².